The molecule has 12 nitrogen and oxygen atoms in total. The second-order valence-electron chi connectivity index (χ2n) is 8.28. The number of terminal acetylenes is 2. The maximum atomic E-state index is 6.05. The van der Waals surface area contributed by atoms with Gasteiger partial charge in [0, 0.05) is 28.4 Å². The van der Waals surface area contributed by atoms with Gasteiger partial charge in [0.15, 0.2) is 12.4 Å². The van der Waals surface area contributed by atoms with E-state index < -0.39 is 24.8 Å². The molecule has 0 saturated heterocycles. The van der Waals surface area contributed by atoms with Crippen LogP contribution >= 0.6 is 0 Å². The van der Waals surface area contributed by atoms with Crippen molar-refractivity contribution in [2.45, 2.75) is 24.8 Å². The zero-order valence-electron chi connectivity index (χ0n) is 25.2. The van der Waals surface area contributed by atoms with E-state index in [9.17, 15) is 0 Å². The van der Waals surface area contributed by atoms with Gasteiger partial charge in [-0.1, -0.05) is 11.8 Å². The zero-order valence-corrected chi connectivity index (χ0v) is 25.2. The van der Waals surface area contributed by atoms with Crippen molar-refractivity contribution in [3.05, 3.63) is 24.3 Å². The van der Waals surface area contributed by atoms with E-state index in [1.807, 2.05) is 0 Å². The largest absolute Gasteiger partial charge is 0.491 e. The van der Waals surface area contributed by atoms with Crippen LogP contribution in [-0.4, -0.2) is 133 Å². The minimum Gasteiger partial charge on any atom is -0.491 e. The fourth-order valence-electron chi connectivity index (χ4n) is 3.13. The Morgan fingerprint density at radius 2 is 1.00 bits per heavy atom. The molecule has 0 spiro atoms. The lowest BCUT2D eigenvalue weighted by Crippen LogP contribution is -2.43. The molecule has 0 N–H and O–H groups in total. The third kappa shape index (κ3) is 17.5. The molecular weight excluding hydrogens is 552 g/mol. The van der Waals surface area contributed by atoms with Crippen LogP contribution in [0.15, 0.2) is 24.3 Å². The van der Waals surface area contributed by atoms with Crippen LogP contribution in [0.1, 0.15) is 0 Å². The third-order valence-corrected chi connectivity index (χ3v) is 5.23. The van der Waals surface area contributed by atoms with Crippen molar-refractivity contribution >= 4 is 0 Å². The van der Waals surface area contributed by atoms with E-state index in [4.69, 9.17) is 69.7 Å². The van der Waals surface area contributed by atoms with Crippen molar-refractivity contribution in [3.8, 4) is 36.2 Å². The number of benzene rings is 1. The molecule has 12 heteroatoms. The van der Waals surface area contributed by atoms with Crippen LogP contribution in [0.25, 0.3) is 0 Å². The molecular formula is C30H46O12. The van der Waals surface area contributed by atoms with Gasteiger partial charge >= 0.3 is 0 Å². The summed E-state index contributed by atoms with van der Waals surface area (Å²) in [7, 11) is 6.26. The average molecular weight is 599 g/mol. The van der Waals surface area contributed by atoms with E-state index in [0.717, 1.165) is 0 Å². The first kappa shape index (κ1) is 37.6. The quantitative estimate of drug-likeness (QED) is 0.0797. The number of hydrogen-bond donors (Lipinski definition) is 0. The lowest BCUT2D eigenvalue weighted by molar-refractivity contribution is -0.250. The summed E-state index contributed by atoms with van der Waals surface area (Å²) in [6, 6.07) is 6.96. The highest BCUT2D eigenvalue weighted by Crippen LogP contribution is 2.21. The minimum absolute atomic E-state index is 0.151. The standard InChI is InChI=1S/C30H46O12/c1-7-27(29(34-6)39-23-20-36-17-14-32-4)42-30(40-24-21-37-18-15-33-5)28(8-2)41-26-11-9-25(10-12-26)38-22-19-35-16-13-31-3/h1-2,9-12,27-30H,13-24H2,3-6H3. The molecule has 1 aromatic carbocycles. The maximum Gasteiger partial charge on any atom is 0.209 e. The van der Waals surface area contributed by atoms with E-state index >= 15 is 0 Å². The first-order valence-corrected chi connectivity index (χ1v) is 13.6. The van der Waals surface area contributed by atoms with Gasteiger partial charge in [-0.05, 0) is 24.3 Å². The Balaban J connectivity index is 2.80. The van der Waals surface area contributed by atoms with Gasteiger partial charge in [0.25, 0.3) is 0 Å². The van der Waals surface area contributed by atoms with E-state index in [2.05, 4.69) is 11.8 Å². The maximum absolute atomic E-state index is 6.05. The third-order valence-electron chi connectivity index (χ3n) is 5.23. The molecule has 0 aromatic heterocycles. The first-order chi connectivity index (χ1) is 20.6. The fraction of sp³-hybridized carbons (Fsp3) is 0.667. The Kier molecular flexibility index (Phi) is 23.4. The molecule has 0 saturated carbocycles. The Bertz CT molecular complexity index is 838. The van der Waals surface area contributed by atoms with Crippen molar-refractivity contribution in [2.75, 3.05) is 108 Å². The Labute approximate surface area is 250 Å². The average Bonchev–Trinajstić information content (AvgIpc) is 3.01. The van der Waals surface area contributed by atoms with Crippen LogP contribution in [0, 0.1) is 24.7 Å². The topological polar surface area (TPSA) is 111 Å². The van der Waals surface area contributed by atoms with Gasteiger partial charge in [-0.25, -0.2) is 0 Å². The van der Waals surface area contributed by atoms with E-state index in [0.29, 0.717) is 71.0 Å². The Hall–Kier alpha value is -2.46. The summed E-state index contributed by atoms with van der Waals surface area (Å²) in [6.45, 7) is 4.60. The molecule has 0 radical (unpaired) electrons. The van der Waals surface area contributed by atoms with Gasteiger partial charge in [0.1, 0.15) is 18.1 Å². The van der Waals surface area contributed by atoms with Gasteiger partial charge in [-0.2, -0.15) is 0 Å². The molecule has 1 aromatic rings. The molecule has 1 rings (SSSR count). The first-order valence-electron chi connectivity index (χ1n) is 13.6. The van der Waals surface area contributed by atoms with Crippen LogP contribution in [-0.2, 0) is 47.4 Å². The molecule has 0 aliphatic rings. The van der Waals surface area contributed by atoms with E-state index in [-0.39, 0.29) is 19.8 Å². The smallest absolute Gasteiger partial charge is 0.209 e. The number of hydrogen-bond acceptors (Lipinski definition) is 12. The second-order valence-corrected chi connectivity index (χ2v) is 8.28. The minimum atomic E-state index is -1.08. The normalized spacial score (nSPS) is 14.0. The van der Waals surface area contributed by atoms with Gasteiger partial charge < -0.3 is 56.8 Å². The summed E-state index contributed by atoms with van der Waals surface area (Å²) in [6.07, 6.45) is 7.64. The van der Waals surface area contributed by atoms with Crippen LogP contribution < -0.4 is 9.47 Å². The highest BCUT2D eigenvalue weighted by Gasteiger charge is 2.31. The summed E-state index contributed by atoms with van der Waals surface area (Å²) >= 11 is 0. The monoisotopic (exact) mass is 598 g/mol. The van der Waals surface area contributed by atoms with Gasteiger partial charge in [0.05, 0.1) is 72.7 Å². The van der Waals surface area contributed by atoms with E-state index in [1.165, 1.54) is 7.11 Å². The molecule has 238 valence electrons. The summed E-state index contributed by atoms with van der Waals surface area (Å²) in [5.74, 6) is 6.22. The van der Waals surface area contributed by atoms with Gasteiger partial charge in [-0.15, -0.1) is 12.8 Å². The molecule has 0 aliphatic heterocycles. The second kappa shape index (κ2) is 26.2. The fourth-order valence-corrected chi connectivity index (χ4v) is 3.13. The van der Waals surface area contributed by atoms with Crippen molar-refractivity contribution in [1.29, 1.82) is 0 Å². The van der Waals surface area contributed by atoms with Crippen molar-refractivity contribution in [3.63, 3.8) is 0 Å². The molecule has 0 amide bonds. The highest BCUT2D eigenvalue weighted by molar-refractivity contribution is 5.32. The van der Waals surface area contributed by atoms with Crippen LogP contribution in [0.4, 0.5) is 0 Å². The number of ether oxygens (including phenoxy) is 12. The molecule has 42 heavy (non-hydrogen) atoms. The highest BCUT2D eigenvalue weighted by atomic mass is 16.7. The van der Waals surface area contributed by atoms with Crippen LogP contribution in [0.2, 0.25) is 0 Å². The molecule has 0 bridgehead atoms. The van der Waals surface area contributed by atoms with E-state index in [1.54, 1.807) is 45.6 Å². The SMILES string of the molecule is C#CC(OC(OCCOCCOC)C(C#C)Oc1ccc(OCCOCCOC)cc1)C(OC)OCCOCCOC. The zero-order chi connectivity index (χ0) is 30.7. The van der Waals surface area contributed by atoms with Crippen molar-refractivity contribution < 1.29 is 56.8 Å². The summed E-state index contributed by atoms with van der Waals surface area (Å²) in [5, 5.41) is 0. The Morgan fingerprint density at radius 1 is 0.548 bits per heavy atom. The van der Waals surface area contributed by atoms with Crippen molar-refractivity contribution in [1.82, 2.24) is 0 Å². The lowest BCUT2D eigenvalue weighted by atomic mass is 10.3. The number of rotatable bonds is 28. The van der Waals surface area contributed by atoms with Crippen LogP contribution in [0.5, 0.6) is 11.5 Å². The predicted molar refractivity (Wildman–Crippen MR) is 153 cm³/mol. The van der Waals surface area contributed by atoms with Crippen LogP contribution in [0.3, 0.4) is 0 Å². The molecule has 0 aliphatic carbocycles. The molecule has 4 unspecified atom stereocenters. The van der Waals surface area contributed by atoms with Gasteiger partial charge in [0.2, 0.25) is 12.4 Å². The summed E-state index contributed by atoms with van der Waals surface area (Å²) in [4.78, 5) is 0. The molecule has 0 heterocycles. The molecule has 0 fully saturated rings. The summed E-state index contributed by atoms with van der Waals surface area (Å²) in [5.41, 5.74) is 0. The van der Waals surface area contributed by atoms with Gasteiger partial charge in [-0.3, -0.25) is 0 Å². The molecule has 4 atom stereocenters. The lowest BCUT2D eigenvalue weighted by Gasteiger charge is -2.30. The Morgan fingerprint density at radius 3 is 1.48 bits per heavy atom. The number of methoxy groups -OCH3 is 4. The summed E-state index contributed by atoms with van der Waals surface area (Å²) < 4.78 is 66.0. The van der Waals surface area contributed by atoms with Crippen molar-refractivity contribution in [2.24, 2.45) is 0 Å². The predicted octanol–water partition coefficient (Wildman–Crippen LogP) is 1.79.